The van der Waals surface area contributed by atoms with Crippen LogP contribution in [0.5, 0.6) is 0 Å². The molecule has 3 rings (SSSR count). The van der Waals surface area contributed by atoms with Crippen molar-refractivity contribution in [2.45, 2.75) is 44.6 Å². The third-order valence-corrected chi connectivity index (χ3v) is 5.32. The van der Waals surface area contributed by atoms with Crippen molar-refractivity contribution in [3.05, 3.63) is 51.5 Å². The van der Waals surface area contributed by atoms with E-state index >= 15 is 0 Å². The number of aromatic nitrogens is 1. The van der Waals surface area contributed by atoms with E-state index in [0.29, 0.717) is 0 Å². The lowest BCUT2D eigenvalue weighted by molar-refractivity contribution is 0.430. The summed E-state index contributed by atoms with van der Waals surface area (Å²) in [6.07, 6.45) is 2.22. The zero-order chi connectivity index (χ0) is 14.4. The number of rotatable bonds is 2. The highest BCUT2D eigenvalue weighted by Crippen LogP contribution is 2.43. The summed E-state index contributed by atoms with van der Waals surface area (Å²) in [5.74, 6) is 0. The summed E-state index contributed by atoms with van der Waals surface area (Å²) in [7, 11) is 2.06. The van der Waals surface area contributed by atoms with Gasteiger partial charge in [0.15, 0.2) is 0 Å². The molecule has 0 saturated carbocycles. The van der Waals surface area contributed by atoms with Gasteiger partial charge in [-0.05, 0) is 31.0 Å². The van der Waals surface area contributed by atoms with Gasteiger partial charge in [0.1, 0.15) is 5.01 Å². The fourth-order valence-corrected chi connectivity index (χ4v) is 4.31. The summed E-state index contributed by atoms with van der Waals surface area (Å²) < 4.78 is 0. The van der Waals surface area contributed by atoms with Crippen LogP contribution in [0.15, 0.2) is 29.6 Å². The molecule has 106 valence electrons. The molecular weight excluding hydrogens is 264 g/mol. The van der Waals surface area contributed by atoms with Crippen LogP contribution in [0.3, 0.4) is 0 Å². The summed E-state index contributed by atoms with van der Waals surface area (Å²) in [5.41, 5.74) is 4.07. The van der Waals surface area contributed by atoms with E-state index in [4.69, 9.17) is 4.98 Å². The lowest BCUT2D eigenvalue weighted by Gasteiger charge is -2.28. The Morgan fingerprint density at radius 3 is 2.65 bits per heavy atom. The molecule has 1 atom stereocenters. The second-order valence-corrected chi connectivity index (χ2v) is 7.46. The van der Waals surface area contributed by atoms with Crippen LogP contribution in [0, 0.1) is 0 Å². The van der Waals surface area contributed by atoms with E-state index in [1.54, 1.807) is 11.3 Å². The largest absolute Gasteiger partial charge is 0.305 e. The van der Waals surface area contributed by atoms with E-state index in [-0.39, 0.29) is 11.0 Å². The lowest BCUT2D eigenvalue weighted by atomic mass is 9.91. The van der Waals surface area contributed by atoms with E-state index in [9.17, 15) is 0 Å². The topological polar surface area (TPSA) is 24.9 Å². The van der Waals surface area contributed by atoms with Gasteiger partial charge in [-0.1, -0.05) is 45.0 Å². The number of thiazole rings is 1. The first-order chi connectivity index (χ1) is 9.47. The zero-order valence-electron chi connectivity index (χ0n) is 12.7. The Kier molecular flexibility index (Phi) is 3.22. The molecule has 3 heteroatoms. The van der Waals surface area contributed by atoms with Crippen LogP contribution >= 0.6 is 11.3 Å². The van der Waals surface area contributed by atoms with E-state index in [2.05, 4.69) is 62.8 Å². The molecule has 0 spiro atoms. The predicted molar refractivity (Wildman–Crippen MR) is 85.4 cm³/mol. The number of hydrogen-bond donors (Lipinski definition) is 1. The smallest absolute Gasteiger partial charge is 0.118 e. The molecule has 1 N–H and O–H groups in total. The Morgan fingerprint density at radius 1 is 1.25 bits per heavy atom. The molecule has 20 heavy (non-hydrogen) atoms. The van der Waals surface area contributed by atoms with Crippen molar-refractivity contribution in [1.82, 2.24) is 10.3 Å². The maximum Gasteiger partial charge on any atom is 0.118 e. The normalized spacial score (nSPS) is 22.0. The first-order valence-electron chi connectivity index (χ1n) is 7.21. The Hall–Kier alpha value is -1.19. The Bertz CT molecular complexity index is 624. The monoisotopic (exact) mass is 286 g/mol. The summed E-state index contributed by atoms with van der Waals surface area (Å²) in [4.78, 5) is 4.96. The van der Waals surface area contributed by atoms with Crippen LogP contribution in [0.2, 0.25) is 0 Å². The number of nitrogens with one attached hydrogen (secondary N) is 1. The molecule has 0 aliphatic heterocycles. The van der Waals surface area contributed by atoms with Gasteiger partial charge in [-0.2, -0.15) is 0 Å². The molecule has 1 unspecified atom stereocenters. The minimum atomic E-state index is -0.0925. The van der Waals surface area contributed by atoms with Gasteiger partial charge in [-0.15, -0.1) is 11.3 Å². The van der Waals surface area contributed by atoms with Crippen molar-refractivity contribution in [2.75, 3.05) is 7.05 Å². The van der Waals surface area contributed by atoms with Gasteiger partial charge >= 0.3 is 0 Å². The highest BCUT2D eigenvalue weighted by molar-refractivity contribution is 7.09. The molecule has 0 saturated heterocycles. The van der Waals surface area contributed by atoms with Gasteiger partial charge in [0.2, 0.25) is 0 Å². The molecule has 0 bridgehead atoms. The lowest BCUT2D eigenvalue weighted by Crippen LogP contribution is -2.39. The summed E-state index contributed by atoms with van der Waals surface area (Å²) in [6, 6.07) is 8.76. The molecule has 1 aliphatic carbocycles. The van der Waals surface area contributed by atoms with E-state index in [0.717, 1.165) is 12.8 Å². The molecule has 1 aromatic carbocycles. The predicted octanol–water partition coefficient (Wildman–Crippen LogP) is 3.85. The Labute approximate surface area is 125 Å². The fraction of sp³-hybridized carbons (Fsp3) is 0.471. The van der Waals surface area contributed by atoms with Crippen molar-refractivity contribution < 1.29 is 0 Å². The van der Waals surface area contributed by atoms with Gasteiger partial charge in [0.25, 0.3) is 0 Å². The third-order valence-electron chi connectivity index (χ3n) is 4.31. The minimum absolute atomic E-state index is 0.0925. The first-order valence-corrected chi connectivity index (χ1v) is 8.09. The maximum absolute atomic E-state index is 4.96. The number of nitrogens with zero attached hydrogens (tertiary/aromatic N) is 1. The van der Waals surface area contributed by atoms with Crippen molar-refractivity contribution in [2.24, 2.45) is 0 Å². The van der Waals surface area contributed by atoms with Gasteiger partial charge in [-0.25, -0.2) is 4.98 Å². The number of hydrogen-bond acceptors (Lipinski definition) is 3. The van der Waals surface area contributed by atoms with Crippen LogP contribution in [0.1, 0.15) is 49.0 Å². The van der Waals surface area contributed by atoms with Crippen LogP contribution in [-0.4, -0.2) is 12.0 Å². The SMILES string of the molecule is CNC1(c2nc(C(C)(C)C)cs2)CCc2ccccc21. The zero-order valence-corrected chi connectivity index (χ0v) is 13.5. The van der Waals surface area contributed by atoms with Crippen molar-refractivity contribution >= 4 is 11.3 Å². The quantitative estimate of drug-likeness (QED) is 0.907. The summed E-state index contributed by atoms with van der Waals surface area (Å²) in [5, 5.41) is 6.98. The van der Waals surface area contributed by atoms with Gasteiger partial charge in [-0.3, -0.25) is 0 Å². The maximum atomic E-state index is 4.96. The number of aryl methyl sites for hydroxylation is 1. The number of benzene rings is 1. The van der Waals surface area contributed by atoms with E-state index in [1.807, 2.05) is 0 Å². The molecule has 2 aromatic rings. The van der Waals surface area contributed by atoms with Gasteiger partial charge in [0, 0.05) is 10.8 Å². The van der Waals surface area contributed by atoms with Gasteiger partial charge in [0.05, 0.1) is 11.2 Å². The molecule has 0 radical (unpaired) electrons. The summed E-state index contributed by atoms with van der Waals surface area (Å²) >= 11 is 1.79. The van der Waals surface area contributed by atoms with Crippen molar-refractivity contribution in [1.29, 1.82) is 0 Å². The first kappa shape index (κ1) is 13.8. The standard InChI is InChI=1S/C17H22N2S/c1-16(2,3)14-11-20-15(19-14)17(18-4)10-9-12-7-5-6-8-13(12)17/h5-8,11,18H,9-10H2,1-4H3. The molecule has 1 heterocycles. The molecule has 0 fully saturated rings. The number of fused-ring (bicyclic) bond motifs is 1. The highest BCUT2D eigenvalue weighted by Gasteiger charge is 2.41. The second-order valence-electron chi connectivity index (χ2n) is 6.60. The van der Waals surface area contributed by atoms with Crippen LogP contribution < -0.4 is 5.32 Å². The Morgan fingerprint density at radius 2 is 2.00 bits per heavy atom. The van der Waals surface area contributed by atoms with Crippen LogP contribution in [0.25, 0.3) is 0 Å². The highest BCUT2D eigenvalue weighted by atomic mass is 32.1. The third kappa shape index (κ3) is 2.00. The van der Waals surface area contributed by atoms with Crippen molar-refractivity contribution in [3.8, 4) is 0 Å². The van der Waals surface area contributed by atoms with Crippen molar-refractivity contribution in [3.63, 3.8) is 0 Å². The molecule has 0 amide bonds. The average Bonchev–Trinajstić information content (AvgIpc) is 3.03. The minimum Gasteiger partial charge on any atom is -0.305 e. The molecule has 1 aromatic heterocycles. The summed E-state index contributed by atoms with van der Waals surface area (Å²) in [6.45, 7) is 6.67. The molecule has 2 nitrogen and oxygen atoms in total. The second kappa shape index (κ2) is 4.68. The van der Waals surface area contributed by atoms with Gasteiger partial charge < -0.3 is 5.32 Å². The van der Waals surface area contributed by atoms with E-state index < -0.39 is 0 Å². The fourth-order valence-electron chi connectivity index (χ4n) is 3.01. The van der Waals surface area contributed by atoms with Crippen LogP contribution in [0.4, 0.5) is 0 Å². The molecule has 1 aliphatic rings. The Balaban J connectivity index is 2.10. The molecular formula is C17H22N2S. The van der Waals surface area contributed by atoms with Crippen LogP contribution in [-0.2, 0) is 17.4 Å². The van der Waals surface area contributed by atoms with E-state index in [1.165, 1.54) is 21.8 Å². The average molecular weight is 286 g/mol.